The number of para-hydroxylation sites is 1. The predicted octanol–water partition coefficient (Wildman–Crippen LogP) is 3.22. The lowest BCUT2D eigenvalue weighted by atomic mass is 10.2. The molecule has 0 bridgehead atoms. The third-order valence-electron chi connectivity index (χ3n) is 3.93. The summed E-state index contributed by atoms with van der Waals surface area (Å²) in [6, 6.07) is 14.4. The summed E-state index contributed by atoms with van der Waals surface area (Å²) >= 11 is 0. The molecule has 0 amide bonds. The minimum atomic E-state index is -3.68. The number of nitrogens with zero attached hydrogens (tertiary/aromatic N) is 1. The highest BCUT2D eigenvalue weighted by atomic mass is 32.2. The van der Waals surface area contributed by atoms with Crippen LogP contribution in [0, 0.1) is 6.92 Å². The third kappa shape index (κ3) is 2.53. The van der Waals surface area contributed by atoms with Crippen molar-refractivity contribution in [1.82, 2.24) is 4.57 Å². The Kier molecular flexibility index (Phi) is 3.74. The topological polar surface area (TPSA) is 65.1 Å². The van der Waals surface area contributed by atoms with E-state index in [4.69, 9.17) is 5.73 Å². The highest BCUT2D eigenvalue weighted by Crippen LogP contribution is 2.33. The van der Waals surface area contributed by atoms with Crippen LogP contribution in [-0.2, 0) is 16.9 Å². The lowest BCUT2D eigenvalue weighted by molar-refractivity contribution is 0.606. The van der Waals surface area contributed by atoms with Crippen LogP contribution in [0.2, 0.25) is 0 Å². The molecule has 118 valence electrons. The summed E-state index contributed by atoms with van der Waals surface area (Å²) in [4.78, 5) is 0.367. The summed E-state index contributed by atoms with van der Waals surface area (Å²) in [5, 5.41) is 0.863. The lowest BCUT2D eigenvalue weighted by Gasteiger charge is -2.08. The number of hydrogen-bond donors (Lipinski definition) is 1. The van der Waals surface area contributed by atoms with Gasteiger partial charge in [0, 0.05) is 35.9 Å². The fourth-order valence-corrected chi connectivity index (χ4v) is 4.09. The zero-order valence-corrected chi connectivity index (χ0v) is 13.8. The van der Waals surface area contributed by atoms with E-state index in [0.29, 0.717) is 5.56 Å². The molecule has 0 fully saturated rings. The summed E-state index contributed by atoms with van der Waals surface area (Å²) in [6.07, 6.45) is 2.98. The van der Waals surface area contributed by atoms with Crippen molar-refractivity contribution in [3.05, 3.63) is 72.1 Å². The van der Waals surface area contributed by atoms with Crippen molar-refractivity contribution in [2.75, 3.05) is 0 Å². The normalized spacial score (nSPS) is 12.7. The summed E-state index contributed by atoms with van der Waals surface area (Å²) in [5.74, 6) is 0. The van der Waals surface area contributed by atoms with Crippen LogP contribution in [0.5, 0.6) is 0 Å². The van der Waals surface area contributed by atoms with Gasteiger partial charge in [0.25, 0.3) is 0 Å². The van der Waals surface area contributed by atoms with E-state index in [1.807, 2.05) is 42.8 Å². The molecule has 0 spiro atoms. The first kappa shape index (κ1) is 15.4. The van der Waals surface area contributed by atoms with Crippen molar-refractivity contribution >= 4 is 25.6 Å². The van der Waals surface area contributed by atoms with Gasteiger partial charge in [-0.15, -0.1) is 0 Å². The number of nitrogens with two attached hydrogens (primary N) is 1. The minimum Gasteiger partial charge on any atom is -0.404 e. The van der Waals surface area contributed by atoms with Crippen LogP contribution in [0.3, 0.4) is 0 Å². The van der Waals surface area contributed by atoms with Crippen molar-refractivity contribution in [3.8, 4) is 0 Å². The zero-order chi connectivity index (χ0) is 16.6. The SMILES string of the molecule is Cc1ccc(S(=O)(=O)/C(=C/N)c2cn(C)c3ccccc23)cc1. The van der Waals surface area contributed by atoms with Crippen molar-refractivity contribution in [2.24, 2.45) is 12.8 Å². The predicted molar refractivity (Wildman–Crippen MR) is 93.4 cm³/mol. The minimum absolute atomic E-state index is 0.123. The second kappa shape index (κ2) is 5.59. The Morgan fingerprint density at radius 3 is 2.39 bits per heavy atom. The molecule has 0 aliphatic heterocycles. The first-order valence-corrected chi connectivity index (χ1v) is 8.71. The van der Waals surface area contributed by atoms with Crippen LogP contribution in [0.1, 0.15) is 11.1 Å². The van der Waals surface area contributed by atoms with E-state index in [0.717, 1.165) is 16.5 Å². The highest BCUT2D eigenvalue weighted by Gasteiger charge is 2.24. The first-order valence-electron chi connectivity index (χ1n) is 7.23. The van der Waals surface area contributed by atoms with Gasteiger partial charge in [0.1, 0.15) is 0 Å². The molecule has 0 radical (unpaired) electrons. The molecule has 2 N–H and O–H groups in total. The second-order valence-corrected chi connectivity index (χ2v) is 7.44. The number of benzene rings is 2. The molecule has 23 heavy (non-hydrogen) atoms. The maximum absolute atomic E-state index is 13.0. The summed E-state index contributed by atoms with van der Waals surface area (Å²) in [5.41, 5.74) is 8.29. The fourth-order valence-electron chi connectivity index (χ4n) is 2.71. The van der Waals surface area contributed by atoms with Crippen LogP contribution < -0.4 is 5.73 Å². The van der Waals surface area contributed by atoms with Crippen LogP contribution in [0.25, 0.3) is 15.8 Å². The van der Waals surface area contributed by atoms with Gasteiger partial charge in [-0.25, -0.2) is 8.42 Å². The van der Waals surface area contributed by atoms with Gasteiger partial charge in [-0.2, -0.15) is 0 Å². The molecular formula is C18H18N2O2S. The van der Waals surface area contributed by atoms with Gasteiger partial charge in [-0.05, 0) is 25.1 Å². The number of fused-ring (bicyclic) bond motifs is 1. The Hall–Kier alpha value is -2.53. The van der Waals surface area contributed by atoms with E-state index in [-0.39, 0.29) is 9.80 Å². The van der Waals surface area contributed by atoms with Crippen molar-refractivity contribution < 1.29 is 8.42 Å². The molecular weight excluding hydrogens is 308 g/mol. The first-order chi connectivity index (χ1) is 10.9. The Morgan fingerprint density at radius 1 is 1.09 bits per heavy atom. The van der Waals surface area contributed by atoms with Gasteiger partial charge in [0.2, 0.25) is 9.84 Å². The van der Waals surface area contributed by atoms with Gasteiger partial charge in [0.05, 0.1) is 9.80 Å². The third-order valence-corrected chi connectivity index (χ3v) is 5.76. The molecule has 0 unspecified atom stereocenters. The average molecular weight is 326 g/mol. The van der Waals surface area contributed by atoms with Gasteiger partial charge < -0.3 is 10.3 Å². The van der Waals surface area contributed by atoms with Gasteiger partial charge in [-0.3, -0.25) is 0 Å². The zero-order valence-electron chi connectivity index (χ0n) is 13.0. The molecule has 0 aliphatic carbocycles. The Labute approximate surface area is 135 Å². The molecule has 1 aromatic heterocycles. The number of sulfone groups is 1. The maximum atomic E-state index is 13.0. The van der Waals surface area contributed by atoms with Gasteiger partial charge in [0.15, 0.2) is 0 Å². The lowest BCUT2D eigenvalue weighted by Crippen LogP contribution is -2.06. The van der Waals surface area contributed by atoms with E-state index in [2.05, 4.69) is 0 Å². The fraction of sp³-hybridized carbons (Fsp3) is 0.111. The van der Waals surface area contributed by atoms with Gasteiger partial charge in [-0.1, -0.05) is 35.9 Å². The largest absolute Gasteiger partial charge is 0.404 e. The molecule has 5 heteroatoms. The molecule has 4 nitrogen and oxygen atoms in total. The molecule has 0 atom stereocenters. The van der Waals surface area contributed by atoms with E-state index < -0.39 is 9.84 Å². The average Bonchev–Trinajstić information content (AvgIpc) is 2.86. The summed E-state index contributed by atoms with van der Waals surface area (Å²) in [7, 11) is -1.79. The smallest absolute Gasteiger partial charge is 0.208 e. The monoisotopic (exact) mass is 326 g/mol. The molecule has 2 aromatic carbocycles. The highest BCUT2D eigenvalue weighted by molar-refractivity contribution is 8.00. The second-order valence-electron chi connectivity index (χ2n) is 5.52. The maximum Gasteiger partial charge on any atom is 0.208 e. The van der Waals surface area contributed by atoms with Gasteiger partial charge >= 0.3 is 0 Å². The summed E-state index contributed by atoms with van der Waals surface area (Å²) in [6.45, 7) is 1.92. The van der Waals surface area contributed by atoms with E-state index in [9.17, 15) is 8.42 Å². The van der Waals surface area contributed by atoms with Crippen LogP contribution in [0.15, 0.2) is 65.8 Å². The molecule has 0 aliphatic rings. The van der Waals surface area contributed by atoms with Crippen molar-refractivity contribution in [2.45, 2.75) is 11.8 Å². The Morgan fingerprint density at radius 2 is 1.74 bits per heavy atom. The Bertz CT molecular complexity index is 997. The standard InChI is InChI=1S/C18H18N2O2S/c1-13-7-9-14(10-8-13)23(21,22)18(11-19)16-12-20(2)17-6-4-3-5-15(16)17/h3-12H,19H2,1-2H3/b18-11+. The number of aryl methyl sites for hydroxylation is 2. The van der Waals surface area contributed by atoms with E-state index in [1.54, 1.807) is 30.5 Å². The molecule has 0 saturated heterocycles. The van der Waals surface area contributed by atoms with E-state index in [1.165, 1.54) is 6.20 Å². The quantitative estimate of drug-likeness (QED) is 0.804. The summed E-state index contributed by atoms with van der Waals surface area (Å²) < 4.78 is 27.8. The van der Waals surface area contributed by atoms with Crippen LogP contribution in [-0.4, -0.2) is 13.0 Å². The Balaban J connectivity index is 2.21. The van der Waals surface area contributed by atoms with Crippen molar-refractivity contribution in [1.29, 1.82) is 0 Å². The molecule has 3 aromatic rings. The molecule has 3 rings (SSSR count). The number of aromatic nitrogens is 1. The number of rotatable bonds is 3. The van der Waals surface area contributed by atoms with E-state index >= 15 is 0 Å². The molecule has 1 heterocycles. The molecule has 0 saturated carbocycles. The number of hydrogen-bond acceptors (Lipinski definition) is 3. The van der Waals surface area contributed by atoms with Crippen LogP contribution >= 0.6 is 0 Å². The van der Waals surface area contributed by atoms with Crippen LogP contribution in [0.4, 0.5) is 0 Å². The van der Waals surface area contributed by atoms with Crippen molar-refractivity contribution in [3.63, 3.8) is 0 Å².